The van der Waals surface area contributed by atoms with Crippen molar-refractivity contribution in [2.45, 2.75) is 37.8 Å². The van der Waals surface area contributed by atoms with Crippen molar-refractivity contribution in [2.24, 2.45) is 0 Å². The molecule has 0 saturated carbocycles. The van der Waals surface area contributed by atoms with Gasteiger partial charge in [0.05, 0.1) is 17.3 Å². The molecule has 2 aliphatic rings. The van der Waals surface area contributed by atoms with Crippen molar-refractivity contribution < 1.29 is 0 Å². The highest BCUT2D eigenvalue weighted by Gasteiger charge is 2.46. The molecule has 0 bridgehead atoms. The van der Waals surface area contributed by atoms with Gasteiger partial charge in [0, 0.05) is 41.3 Å². The molecule has 1 saturated heterocycles. The third-order valence-electron chi connectivity index (χ3n) is 6.77. The molecule has 4 aromatic rings. The van der Waals surface area contributed by atoms with Gasteiger partial charge in [-0.15, -0.1) is 0 Å². The van der Waals surface area contributed by atoms with Crippen LogP contribution in [0.2, 0.25) is 0 Å². The second kappa shape index (κ2) is 6.22. The van der Waals surface area contributed by atoms with Gasteiger partial charge in [0.1, 0.15) is 12.2 Å². The summed E-state index contributed by atoms with van der Waals surface area (Å²) in [7, 11) is 0. The van der Waals surface area contributed by atoms with E-state index in [9.17, 15) is 0 Å². The standard InChI is InChI=1S/C22H23N7/c1-15(21-24-14-25-26-21)28-8-6-22(13-28)7-9-29-20(22)11-19(27-29)17-10-16-4-2-3-5-18(16)23-12-17/h2-5,10-12,14-15H,6-9,13H2,1H3,(H,24,25,26). The van der Waals surface area contributed by atoms with Crippen molar-refractivity contribution >= 4 is 10.9 Å². The summed E-state index contributed by atoms with van der Waals surface area (Å²) in [6.45, 7) is 5.30. The van der Waals surface area contributed by atoms with Gasteiger partial charge in [0.25, 0.3) is 0 Å². The fraction of sp³-hybridized carbons (Fsp3) is 0.364. The van der Waals surface area contributed by atoms with Gasteiger partial charge in [-0.2, -0.15) is 10.2 Å². The van der Waals surface area contributed by atoms with Crippen LogP contribution in [-0.4, -0.2) is 47.9 Å². The van der Waals surface area contributed by atoms with Crippen LogP contribution < -0.4 is 0 Å². The molecule has 1 aromatic carbocycles. The third-order valence-corrected chi connectivity index (χ3v) is 6.77. The molecule has 0 aliphatic carbocycles. The Labute approximate surface area is 168 Å². The zero-order valence-electron chi connectivity index (χ0n) is 16.4. The Morgan fingerprint density at radius 2 is 2.00 bits per heavy atom. The van der Waals surface area contributed by atoms with Crippen molar-refractivity contribution in [3.05, 3.63) is 60.4 Å². The number of aromatic nitrogens is 6. The van der Waals surface area contributed by atoms with Gasteiger partial charge in [-0.1, -0.05) is 18.2 Å². The summed E-state index contributed by atoms with van der Waals surface area (Å²) >= 11 is 0. The third kappa shape index (κ3) is 2.61. The molecule has 1 N–H and O–H groups in total. The van der Waals surface area contributed by atoms with E-state index in [1.807, 2.05) is 18.3 Å². The van der Waals surface area contributed by atoms with E-state index >= 15 is 0 Å². The van der Waals surface area contributed by atoms with Gasteiger partial charge in [0.15, 0.2) is 0 Å². The molecule has 1 fully saturated rings. The van der Waals surface area contributed by atoms with Crippen LogP contribution in [0.1, 0.15) is 37.3 Å². The molecule has 6 rings (SSSR count). The highest BCUT2D eigenvalue weighted by molar-refractivity contribution is 5.82. The number of pyridine rings is 1. The van der Waals surface area contributed by atoms with Gasteiger partial charge < -0.3 is 0 Å². The Morgan fingerprint density at radius 1 is 1.10 bits per heavy atom. The lowest BCUT2D eigenvalue weighted by Crippen LogP contribution is -2.31. The fourth-order valence-corrected chi connectivity index (χ4v) is 5.05. The van der Waals surface area contributed by atoms with Crippen molar-refractivity contribution in [1.29, 1.82) is 0 Å². The largest absolute Gasteiger partial charge is 0.293 e. The predicted molar refractivity (Wildman–Crippen MR) is 110 cm³/mol. The van der Waals surface area contributed by atoms with E-state index in [0.29, 0.717) is 0 Å². The van der Waals surface area contributed by atoms with Gasteiger partial charge in [0.2, 0.25) is 0 Å². The zero-order valence-corrected chi connectivity index (χ0v) is 16.4. The molecular weight excluding hydrogens is 362 g/mol. The predicted octanol–water partition coefficient (Wildman–Crippen LogP) is 3.32. The lowest BCUT2D eigenvalue weighted by Gasteiger charge is -2.26. The number of fused-ring (bicyclic) bond motifs is 3. The maximum absolute atomic E-state index is 4.94. The van der Waals surface area contributed by atoms with E-state index in [1.165, 1.54) is 5.69 Å². The summed E-state index contributed by atoms with van der Waals surface area (Å²) in [4.78, 5) is 11.5. The maximum atomic E-state index is 4.94. The average Bonchev–Trinajstić information content (AvgIpc) is 3.54. The van der Waals surface area contributed by atoms with Crippen molar-refractivity contribution in [1.82, 2.24) is 34.8 Å². The minimum Gasteiger partial charge on any atom is -0.293 e. The Morgan fingerprint density at radius 3 is 2.90 bits per heavy atom. The van der Waals surface area contributed by atoms with Gasteiger partial charge in [-0.25, -0.2) is 4.98 Å². The van der Waals surface area contributed by atoms with Crippen LogP contribution >= 0.6 is 0 Å². The normalized spacial score (nSPS) is 22.5. The summed E-state index contributed by atoms with van der Waals surface area (Å²) in [5, 5.41) is 13.1. The number of likely N-dealkylation sites (tertiary alicyclic amines) is 1. The van der Waals surface area contributed by atoms with E-state index in [-0.39, 0.29) is 11.5 Å². The zero-order chi connectivity index (χ0) is 19.4. The molecule has 2 unspecified atom stereocenters. The highest BCUT2D eigenvalue weighted by atomic mass is 15.3. The number of rotatable bonds is 3. The first-order chi connectivity index (χ1) is 14.2. The monoisotopic (exact) mass is 385 g/mol. The van der Waals surface area contributed by atoms with Crippen LogP contribution in [0.5, 0.6) is 0 Å². The van der Waals surface area contributed by atoms with Crippen LogP contribution in [0.25, 0.3) is 22.2 Å². The van der Waals surface area contributed by atoms with E-state index in [1.54, 1.807) is 6.33 Å². The molecule has 146 valence electrons. The Balaban J connectivity index is 1.31. The molecule has 2 atom stereocenters. The first-order valence-electron chi connectivity index (χ1n) is 10.2. The molecule has 29 heavy (non-hydrogen) atoms. The molecule has 7 nitrogen and oxygen atoms in total. The van der Waals surface area contributed by atoms with Gasteiger partial charge >= 0.3 is 0 Å². The smallest absolute Gasteiger partial charge is 0.141 e. The molecule has 7 heteroatoms. The first-order valence-corrected chi connectivity index (χ1v) is 10.2. The molecule has 5 heterocycles. The van der Waals surface area contributed by atoms with Crippen LogP contribution in [0.4, 0.5) is 0 Å². The summed E-state index contributed by atoms with van der Waals surface area (Å²) in [6.07, 6.45) is 5.85. The topological polar surface area (TPSA) is 75.5 Å². The SMILES string of the molecule is CC(c1ncn[nH]1)N1CCC2(CCn3nc(-c4cnc5ccccc5c4)cc32)C1. The second-order valence-corrected chi connectivity index (χ2v) is 8.35. The summed E-state index contributed by atoms with van der Waals surface area (Å²) < 4.78 is 2.22. The van der Waals surface area contributed by atoms with Gasteiger partial charge in [-0.05, 0) is 44.5 Å². The molecule has 0 amide bonds. The number of H-pyrrole nitrogens is 1. The molecule has 2 aliphatic heterocycles. The highest BCUT2D eigenvalue weighted by Crippen LogP contribution is 2.45. The lowest BCUT2D eigenvalue weighted by atomic mass is 9.82. The quantitative estimate of drug-likeness (QED) is 0.585. The number of aryl methyl sites for hydroxylation is 1. The Bertz CT molecular complexity index is 1180. The number of nitrogens with one attached hydrogen (secondary N) is 1. The van der Waals surface area contributed by atoms with E-state index < -0.39 is 0 Å². The number of para-hydroxylation sites is 1. The number of hydrogen-bond acceptors (Lipinski definition) is 5. The molecule has 1 spiro atoms. The number of nitrogens with zero attached hydrogens (tertiary/aromatic N) is 6. The lowest BCUT2D eigenvalue weighted by molar-refractivity contribution is 0.235. The van der Waals surface area contributed by atoms with Crippen molar-refractivity contribution in [3.63, 3.8) is 0 Å². The molecular formula is C22H23N7. The van der Waals surface area contributed by atoms with E-state index in [0.717, 1.165) is 60.5 Å². The first kappa shape index (κ1) is 16.9. The minimum absolute atomic E-state index is 0.184. The van der Waals surface area contributed by atoms with Crippen LogP contribution in [0.3, 0.4) is 0 Å². The Kier molecular flexibility index (Phi) is 3.61. The van der Waals surface area contributed by atoms with E-state index in [2.05, 4.69) is 60.9 Å². The number of aromatic amines is 1. The van der Waals surface area contributed by atoms with Gasteiger partial charge in [-0.3, -0.25) is 19.7 Å². The van der Waals surface area contributed by atoms with Crippen LogP contribution in [-0.2, 0) is 12.0 Å². The average molecular weight is 385 g/mol. The number of hydrogen-bond donors (Lipinski definition) is 1. The summed E-state index contributed by atoms with van der Waals surface area (Å²) in [5.41, 5.74) is 4.69. The summed E-state index contributed by atoms with van der Waals surface area (Å²) in [6, 6.07) is 13.0. The molecule has 3 aromatic heterocycles. The number of benzene rings is 1. The minimum atomic E-state index is 0.184. The van der Waals surface area contributed by atoms with Crippen molar-refractivity contribution in [2.75, 3.05) is 13.1 Å². The van der Waals surface area contributed by atoms with Crippen molar-refractivity contribution in [3.8, 4) is 11.3 Å². The fourth-order valence-electron chi connectivity index (χ4n) is 5.05. The van der Waals surface area contributed by atoms with Crippen LogP contribution in [0.15, 0.2) is 48.9 Å². The molecule has 0 radical (unpaired) electrons. The van der Waals surface area contributed by atoms with Crippen LogP contribution in [0, 0.1) is 0 Å². The second-order valence-electron chi connectivity index (χ2n) is 8.35. The van der Waals surface area contributed by atoms with E-state index in [4.69, 9.17) is 5.10 Å². The maximum Gasteiger partial charge on any atom is 0.141 e. The summed E-state index contributed by atoms with van der Waals surface area (Å²) in [5.74, 6) is 0.941. The Hall–Kier alpha value is -3.06.